The van der Waals surface area contributed by atoms with Crippen LogP contribution in [0.2, 0.25) is 0 Å². The van der Waals surface area contributed by atoms with Crippen molar-refractivity contribution >= 4 is 32.0 Å². The van der Waals surface area contributed by atoms with Crippen LogP contribution in [0.15, 0.2) is 122 Å². The molecule has 0 N–H and O–H groups in total. The van der Waals surface area contributed by atoms with Crippen molar-refractivity contribution in [2.75, 3.05) is 0 Å². The Morgan fingerprint density at radius 3 is 0.548 bits per heavy atom. The van der Waals surface area contributed by atoms with Crippen molar-refractivity contribution in [1.82, 2.24) is 19.9 Å². The Morgan fingerprint density at radius 2 is 0.516 bits per heavy atom. The van der Waals surface area contributed by atoms with Gasteiger partial charge in [0.15, 0.2) is 0 Å². The van der Waals surface area contributed by atoms with Crippen molar-refractivity contribution in [2.45, 2.75) is 0 Å². The van der Waals surface area contributed by atoms with Crippen LogP contribution in [0, 0.1) is 20.5 Å². The summed E-state index contributed by atoms with van der Waals surface area (Å²) in [6.45, 7) is 0. The number of nitrogens with zero attached hydrogens (tertiary/aromatic N) is 6. The van der Waals surface area contributed by atoms with Gasteiger partial charge in [0.1, 0.15) is 0 Å². The molecule has 4 aromatic heterocycles. The minimum atomic E-state index is 0. The zero-order valence-electron chi connectivity index (χ0n) is 16.4. The van der Waals surface area contributed by atoms with Gasteiger partial charge in [-0.15, -0.1) is 0 Å². The van der Waals surface area contributed by atoms with Crippen LogP contribution < -0.4 is 0 Å². The standard InChI is InChI=1S/4C5H5N.2CHNSe.Co/c4*1-2-4-6-5-3-1;2*2-1-3;/h4*1-5H;2*3H;/q;;;;;;+2/p-2. The maximum absolute atomic E-state index is 7.26. The van der Waals surface area contributed by atoms with E-state index in [1.807, 2.05) is 72.8 Å². The van der Waals surface area contributed by atoms with Crippen molar-refractivity contribution in [3.05, 3.63) is 122 Å². The van der Waals surface area contributed by atoms with Crippen LogP contribution in [0.5, 0.6) is 0 Å². The molecule has 0 unspecified atom stereocenters. The topological polar surface area (TPSA) is 99.1 Å². The van der Waals surface area contributed by atoms with Crippen LogP contribution in [-0.4, -0.2) is 52.0 Å². The van der Waals surface area contributed by atoms with Gasteiger partial charge in [-0.2, -0.15) is 0 Å². The summed E-state index contributed by atoms with van der Waals surface area (Å²) in [6.07, 6.45) is 14.0. The molecule has 159 valence electrons. The molecule has 9 heteroatoms. The van der Waals surface area contributed by atoms with Gasteiger partial charge in [0, 0.05) is 49.6 Å². The van der Waals surface area contributed by atoms with Crippen LogP contribution in [-0.2, 0) is 16.8 Å². The Morgan fingerprint density at radius 1 is 0.387 bits per heavy atom. The van der Waals surface area contributed by atoms with E-state index in [0.717, 1.165) is 0 Å². The fourth-order valence-electron chi connectivity index (χ4n) is 1.25. The molecule has 0 bridgehead atoms. The van der Waals surface area contributed by atoms with E-state index in [9.17, 15) is 0 Å². The molecule has 0 atom stereocenters. The van der Waals surface area contributed by atoms with Gasteiger partial charge in [-0.1, -0.05) is 24.3 Å². The summed E-state index contributed by atoms with van der Waals surface area (Å²) in [6, 6.07) is 22.9. The molecule has 0 aromatic carbocycles. The fraction of sp³-hybridized carbons (Fsp3) is 0. The first-order valence-electron chi connectivity index (χ1n) is 8.25. The molecule has 0 aliphatic heterocycles. The number of aromatic nitrogens is 4. The van der Waals surface area contributed by atoms with E-state index in [1.54, 1.807) is 59.5 Å². The Kier molecular flexibility index (Phi) is 36.6. The second-order valence-corrected chi connectivity index (χ2v) is 5.05. The second kappa shape index (κ2) is 34.6. The van der Waals surface area contributed by atoms with Crippen LogP contribution in [0.4, 0.5) is 0 Å². The third-order valence-electron chi connectivity index (χ3n) is 2.27. The molecule has 1 radical (unpaired) electrons. The monoisotopic (exact) mass is 587 g/mol. The van der Waals surface area contributed by atoms with Gasteiger partial charge in [0.05, 0.1) is 0 Å². The molecule has 6 nitrogen and oxygen atoms in total. The molecule has 4 heterocycles. The third kappa shape index (κ3) is 38.4. The first-order chi connectivity index (χ1) is 14.8. The molecule has 0 aliphatic rings. The Bertz CT molecular complexity index is 602. The molecular weight excluding hydrogens is 565 g/mol. The molecular formula is C22H20CoN6Se2. The van der Waals surface area contributed by atoms with E-state index < -0.39 is 0 Å². The second-order valence-electron chi connectivity index (χ2n) is 4.28. The average molecular weight is 585 g/mol. The maximum Gasteiger partial charge on any atom is 2.00 e. The quantitative estimate of drug-likeness (QED) is 0.293. The molecule has 0 aliphatic carbocycles. The molecule has 31 heavy (non-hydrogen) atoms. The summed E-state index contributed by atoms with van der Waals surface area (Å²) in [5, 5.41) is 14.5. The molecule has 0 spiro atoms. The van der Waals surface area contributed by atoms with Gasteiger partial charge in [0.2, 0.25) is 0 Å². The van der Waals surface area contributed by atoms with E-state index in [-0.39, 0.29) is 16.8 Å². The Balaban J connectivity index is -0.000000309. The zero-order chi connectivity index (χ0) is 22.4. The predicted molar refractivity (Wildman–Crippen MR) is 120 cm³/mol. The van der Waals surface area contributed by atoms with Crippen molar-refractivity contribution in [3.8, 4) is 9.94 Å². The average Bonchev–Trinajstić information content (AvgIpc) is 2.86. The van der Waals surface area contributed by atoms with Gasteiger partial charge >= 0.3 is 69.3 Å². The van der Waals surface area contributed by atoms with Gasteiger partial charge in [0.25, 0.3) is 0 Å². The van der Waals surface area contributed by atoms with Crippen LogP contribution in [0.3, 0.4) is 0 Å². The first-order valence-corrected chi connectivity index (χ1v) is 9.97. The smallest absolute Gasteiger partial charge is 0.265 e. The summed E-state index contributed by atoms with van der Waals surface area (Å²) in [4.78, 5) is 18.4. The van der Waals surface area contributed by atoms with Crippen molar-refractivity contribution in [1.29, 1.82) is 10.5 Å². The van der Waals surface area contributed by atoms with E-state index in [4.69, 9.17) is 10.5 Å². The summed E-state index contributed by atoms with van der Waals surface area (Å²) >= 11 is 4.22. The minimum Gasteiger partial charge on any atom is -0.265 e. The van der Waals surface area contributed by atoms with E-state index in [1.165, 1.54) is 0 Å². The zero-order valence-corrected chi connectivity index (χ0v) is 20.8. The van der Waals surface area contributed by atoms with Crippen LogP contribution in [0.25, 0.3) is 0 Å². The van der Waals surface area contributed by atoms with Crippen LogP contribution in [0.1, 0.15) is 0 Å². The normalized spacial score (nSPS) is 6.65. The van der Waals surface area contributed by atoms with E-state index in [0.29, 0.717) is 0 Å². The van der Waals surface area contributed by atoms with Crippen LogP contribution >= 0.6 is 0 Å². The Hall–Kier alpha value is -2.87. The van der Waals surface area contributed by atoms with Gasteiger partial charge in [-0.3, -0.25) is 19.9 Å². The predicted octanol–water partition coefficient (Wildman–Crippen LogP) is 3.60. The third-order valence-corrected chi connectivity index (χ3v) is 2.27. The number of hydrogen-bond acceptors (Lipinski definition) is 6. The fourth-order valence-corrected chi connectivity index (χ4v) is 1.25. The summed E-state index contributed by atoms with van der Waals surface area (Å²) in [5.74, 6) is 0. The maximum atomic E-state index is 7.26. The number of rotatable bonds is 0. The van der Waals surface area contributed by atoms with Crippen molar-refractivity contribution < 1.29 is 16.8 Å². The minimum absolute atomic E-state index is 0. The summed E-state index contributed by atoms with van der Waals surface area (Å²) in [5.41, 5.74) is 0. The molecule has 0 fully saturated rings. The van der Waals surface area contributed by atoms with E-state index in [2.05, 4.69) is 52.0 Å². The molecule has 0 saturated heterocycles. The molecule has 4 aromatic rings. The van der Waals surface area contributed by atoms with Gasteiger partial charge in [-0.05, 0) is 48.5 Å². The number of pyridine rings is 4. The van der Waals surface area contributed by atoms with Crippen molar-refractivity contribution in [3.63, 3.8) is 0 Å². The van der Waals surface area contributed by atoms with Gasteiger partial charge in [-0.25, -0.2) is 0 Å². The summed E-state index contributed by atoms with van der Waals surface area (Å²) in [7, 11) is 0. The van der Waals surface area contributed by atoms with Crippen molar-refractivity contribution in [2.24, 2.45) is 0 Å². The number of hydrogen-bond donors (Lipinski definition) is 0. The first kappa shape index (κ1) is 32.8. The van der Waals surface area contributed by atoms with Gasteiger partial charge < -0.3 is 0 Å². The largest absolute Gasteiger partial charge is 2.00 e. The summed E-state index contributed by atoms with van der Waals surface area (Å²) < 4.78 is 0. The molecule has 0 amide bonds. The SMILES string of the molecule is N#C[Se-].N#C[Se-].[Co+2].c1ccncc1.c1ccncc1.c1ccncc1.c1ccncc1. The van der Waals surface area contributed by atoms with E-state index >= 15 is 0 Å². The molecule has 4 rings (SSSR count). The Labute approximate surface area is 210 Å². The molecule has 0 saturated carbocycles. The number of nitriles is 2.